The summed E-state index contributed by atoms with van der Waals surface area (Å²) in [6, 6.07) is 45.5. The minimum absolute atomic E-state index is 0.630. The second kappa shape index (κ2) is 8.73. The Kier molecular flexibility index (Phi) is 4.89. The largest absolute Gasteiger partial charge is 0.456 e. The van der Waals surface area contributed by atoms with E-state index in [1.54, 1.807) is 0 Å². The van der Waals surface area contributed by atoms with Crippen LogP contribution in [0, 0.1) is 11.3 Å². The van der Waals surface area contributed by atoms with E-state index in [0.717, 1.165) is 77.3 Å². The highest BCUT2D eigenvalue weighted by molar-refractivity contribution is 6.08. The van der Waals surface area contributed by atoms with Gasteiger partial charge in [0.05, 0.1) is 11.6 Å². The van der Waals surface area contributed by atoms with Crippen molar-refractivity contribution in [3.63, 3.8) is 0 Å². The average Bonchev–Trinajstić information content (AvgIpc) is 3.58. The highest BCUT2D eigenvalue weighted by Crippen LogP contribution is 2.43. The van der Waals surface area contributed by atoms with Crippen LogP contribution in [0.5, 0.6) is 0 Å². The molecule has 0 amide bonds. The van der Waals surface area contributed by atoms with Gasteiger partial charge in [-0.15, -0.1) is 0 Å². The van der Waals surface area contributed by atoms with Crippen molar-refractivity contribution in [2.24, 2.45) is 0 Å². The van der Waals surface area contributed by atoms with Crippen molar-refractivity contribution in [3.8, 4) is 39.4 Å². The summed E-state index contributed by atoms with van der Waals surface area (Å²) in [6.45, 7) is 0. The van der Waals surface area contributed by atoms with Gasteiger partial charge in [0.15, 0.2) is 0 Å². The Bertz CT molecular complexity index is 2160. The number of hydrogen-bond donors (Lipinski definition) is 0. The molecule has 2 aromatic heterocycles. The molecule has 0 aliphatic carbocycles. The highest BCUT2D eigenvalue weighted by Gasteiger charge is 2.19. The Labute approximate surface area is 230 Å². The molecule has 0 spiro atoms. The molecule has 3 heteroatoms. The van der Waals surface area contributed by atoms with Crippen LogP contribution in [-0.4, -0.2) is 0 Å². The van der Waals surface area contributed by atoms with Gasteiger partial charge in [0.2, 0.25) is 0 Å². The maximum atomic E-state index is 10.1. The van der Waals surface area contributed by atoms with E-state index in [1.807, 2.05) is 60.7 Å². The zero-order chi connectivity index (χ0) is 26.6. The van der Waals surface area contributed by atoms with E-state index in [4.69, 9.17) is 8.83 Å². The van der Waals surface area contributed by atoms with Crippen LogP contribution in [0.25, 0.3) is 77.3 Å². The van der Waals surface area contributed by atoms with E-state index in [2.05, 4.69) is 72.8 Å². The van der Waals surface area contributed by atoms with Crippen molar-refractivity contribution in [2.45, 2.75) is 0 Å². The maximum absolute atomic E-state index is 10.1. The lowest BCUT2D eigenvalue weighted by molar-refractivity contribution is 0.668. The summed E-state index contributed by atoms with van der Waals surface area (Å²) < 4.78 is 12.5. The van der Waals surface area contributed by atoms with Crippen LogP contribution >= 0.6 is 0 Å². The average molecular weight is 512 g/mol. The summed E-state index contributed by atoms with van der Waals surface area (Å²) in [5, 5.41) is 14.4. The predicted octanol–water partition coefficient (Wildman–Crippen LogP) is 10.4. The monoisotopic (exact) mass is 511 g/mol. The Morgan fingerprint density at radius 2 is 0.900 bits per heavy atom. The van der Waals surface area contributed by atoms with Crippen LogP contribution in [0.1, 0.15) is 5.56 Å². The molecule has 186 valence electrons. The molecule has 0 radical (unpaired) electrons. The number of hydrogen-bond acceptors (Lipinski definition) is 3. The molecule has 0 fully saturated rings. The molecule has 0 N–H and O–H groups in total. The fourth-order valence-electron chi connectivity index (χ4n) is 5.91. The van der Waals surface area contributed by atoms with Crippen LogP contribution in [0.2, 0.25) is 0 Å². The molecular formula is C37H21NO2. The second-order valence-electron chi connectivity index (χ2n) is 10.0. The molecule has 3 nitrogen and oxygen atoms in total. The molecule has 0 unspecified atom stereocenters. The summed E-state index contributed by atoms with van der Waals surface area (Å²) in [6.07, 6.45) is 0. The molecule has 8 aromatic rings. The summed E-state index contributed by atoms with van der Waals surface area (Å²) >= 11 is 0. The molecule has 0 atom stereocenters. The van der Waals surface area contributed by atoms with Gasteiger partial charge in [-0.25, -0.2) is 0 Å². The summed E-state index contributed by atoms with van der Waals surface area (Å²) in [5.74, 6) is 0. The zero-order valence-corrected chi connectivity index (χ0v) is 21.4. The third-order valence-corrected chi connectivity index (χ3v) is 7.76. The van der Waals surface area contributed by atoms with E-state index in [-0.39, 0.29) is 0 Å². The van der Waals surface area contributed by atoms with Crippen molar-refractivity contribution in [2.75, 3.05) is 0 Å². The van der Waals surface area contributed by atoms with Crippen LogP contribution in [0.15, 0.2) is 136 Å². The van der Waals surface area contributed by atoms with E-state index in [0.29, 0.717) is 5.56 Å². The molecule has 0 aliphatic rings. The first-order valence-electron chi connectivity index (χ1n) is 13.2. The van der Waals surface area contributed by atoms with Gasteiger partial charge in [-0.3, -0.25) is 0 Å². The van der Waals surface area contributed by atoms with Gasteiger partial charge < -0.3 is 8.83 Å². The zero-order valence-electron chi connectivity index (χ0n) is 21.4. The van der Waals surface area contributed by atoms with Crippen LogP contribution in [-0.2, 0) is 0 Å². The first-order valence-corrected chi connectivity index (χ1v) is 13.2. The number of nitrogens with zero attached hydrogens (tertiary/aromatic N) is 1. The quantitative estimate of drug-likeness (QED) is 0.237. The van der Waals surface area contributed by atoms with Crippen molar-refractivity contribution in [1.82, 2.24) is 0 Å². The second-order valence-corrected chi connectivity index (χ2v) is 10.0. The van der Waals surface area contributed by atoms with E-state index in [1.165, 1.54) is 0 Å². The standard InChI is InChI=1S/C37H21NO2/c38-22-25-8-1-2-9-28(25)37-26(23-16-18-31-29-10-3-5-14-33(29)39-35(31)20-23)12-7-13-27(37)24-17-19-32-30-11-4-6-15-34(30)40-36(32)21-24/h1-21H. The number of para-hydroxylation sites is 2. The Balaban J connectivity index is 1.40. The van der Waals surface area contributed by atoms with E-state index in [9.17, 15) is 5.26 Å². The summed E-state index contributed by atoms with van der Waals surface area (Å²) in [5.41, 5.74) is 10.1. The molecule has 0 bridgehead atoms. The van der Waals surface area contributed by atoms with Crippen molar-refractivity contribution in [3.05, 3.63) is 133 Å². The van der Waals surface area contributed by atoms with Gasteiger partial charge in [-0.2, -0.15) is 5.26 Å². The molecular weight excluding hydrogens is 490 g/mol. The van der Waals surface area contributed by atoms with Gasteiger partial charge >= 0.3 is 0 Å². The summed E-state index contributed by atoms with van der Waals surface area (Å²) in [7, 11) is 0. The number of rotatable bonds is 3. The van der Waals surface area contributed by atoms with Gasteiger partial charge in [-0.05, 0) is 70.3 Å². The lowest BCUT2D eigenvalue weighted by Gasteiger charge is -2.17. The number of furan rings is 2. The molecule has 6 aromatic carbocycles. The Morgan fingerprint density at radius 3 is 1.48 bits per heavy atom. The van der Waals surface area contributed by atoms with Gasteiger partial charge in [0.25, 0.3) is 0 Å². The highest BCUT2D eigenvalue weighted by atomic mass is 16.3. The third kappa shape index (κ3) is 3.37. The SMILES string of the molecule is N#Cc1ccccc1-c1c(-c2ccc3c(c2)oc2ccccc23)cccc1-c1ccc2c(c1)oc1ccccc12. The lowest BCUT2D eigenvalue weighted by atomic mass is 9.85. The maximum Gasteiger partial charge on any atom is 0.136 e. The molecule has 0 aliphatic heterocycles. The first kappa shape index (κ1) is 22.4. The van der Waals surface area contributed by atoms with E-state index < -0.39 is 0 Å². The smallest absolute Gasteiger partial charge is 0.136 e. The Morgan fingerprint density at radius 1 is 0.425 bits per heavy atom. The number of fused-ring (bicyclic) bond motifs is 6. The Hall–Kier alpha value is -5.59. The molecule has 40 heavy (non-hydrogen) atoms. The van der Waals surface area contributed by atoms with Crippen LogP contribution in [0.3, 0.4) is 0 Å². The minimum Gasteiger partial charge on any atom is -0.456 e. The van der Waals surface area contributed by atoms with E-state index >= 15 is 0 Å². The predicted molar refractivity (Wildman–Crippen MR) is 162 cm³/mol. The number of benzene rings is 6. The van der Waals surface area contributed by atoms with Gasteiger partial charge in [0.1, 0.15) is 22.3 Å². The molecule has 0 saturated heterocycles. The normalized spacial score (nSPS) is 11.5. The molecule has 8 rings (SSSR count). The number of nitriles is 1. The fraction of sp³-hybridized carbons (Fsp3) is 0. The third-order valence-electron chi connectivity index (χ3n) is 7.76. The van der Waals surface area contributed by atoms with Crippen LogP contribution < -0.4 is 0 Å². The van der Waals surface area contributed by atoms with Crippen molar-refractivity contribution in [1.29, 1.82) is 5.26 Å². The van der Waals surface area contributed by atoms with Crippen molar-refractivity contribution >= 4 is 43.9 Å². The topological polar surface area (TPSA) is 50.1 Å². The van der Waals surface area contributed by atoms with Gasteiger partial charge in [-0.1, -0.05) is 84.9 Å². The molecule has 0 saturated carbocycles. The van der Waals surface area contributed by atoms with Crippen LogP contribution in [0.4, 0.5) is 0 Å². The first-order chi connectivity index (χ1) is 19.8. The fourth-order valence-corrected chi connectivity index (χ4v) is 5.91. The lowest BCUT2D eigenvalue weighted by Crippen LogP contribution is -1.93. The minimum atomic E-state index is 0.630. The summed E-state index contributed by atoms with van der Waals surface area (Å²) in [4.78, 5) is 0. The van der Waals surface area contributed by atoms with Crippen molar-refractivity contribution < 1.29 is 8.83 Å². The van der Waals surface area contributed by atoms with Gasteiger partial charge in [0, 0.05) is 27.1 Å². The molecule has 2 heterocycles.